The highest BCUT2D eigenvalue weighted by Crippen LogP contribution is 2.27. The molecule has 0 bridgehead atoms. The van der Waals surface area contributed by atoms with E-state index in [-0.39, 0.29) is 0 Å². The topological polar surface area (TPSA) is 29.3 Å². The van der Waals surface area contributed by atoms with Crippen molar-refractivity contribution >= 4 is 15.9 Å². The van der Waals surface area contributed by atoms with Gasteiger partial charge in [-0.05, 0) is 40.9 Å². The van der Waals surface area contributed by atoms with E-state index in [0.29, 0.717) is 5.89 Å². The zero-order chi connectivity index (χ0) is 14.7. The summed E-state index contributed by atoms with van der Waals surface area (Å²) in [5.41, 5.74) is 3.54. The number of oxazole rings is 1. The zero-order valence-corrected chi connectivity index (χ0v) is 13.8. The molecule has 0 N–H and O–H groups in total. The Morgan fingerprint density at radius 2 is 2.24 bits per heavy atom. The van der Waals surface area contributed by atoms with Gasteiger partial charge in [0.15, 0.2) is 0 Å². The molecule has 0 aliphatic carbocycles. The molecular weight excluding hydrogens is 328 g/mol. The Hall–Kier alpha value is -1.39. The molecule has 21 heavy (non-hydrogen) atoms. The SMILES string of the molecule is CC/C=C1/CCN(Cc2coc(-c3ccccc3Br)n2)C1. The van der Waals surface area contributed by atoms with Crippen molar-refractivity contribution in [3.05, 3.63) is 52.3 Å². The van der Waals surface area contributed by atoms with Crippen molar-refractivity contribution in [2.24, 2.45) is 0 Å². The third-order valence-electron chi connectivity index (χ3n) is 3.71. The lowest BCUT2D eigenvalue weighted by Crippen LogP contribution is -2.18. The molecule has 1 fully saturated rings. The first-order valence-electron chi connectivity index (χ1n) is 7.36. The molecule has 4 heteroatoms. The van der Waals surface area contributed by atoms with Crippen LogP contribution in [0.2, 0.25) is 0 Å². The lowest BCUT2D eigenvalue weighted by molar-refractivity contribution is 0.332. The first-order valence-corrected chi connectivity index (χ1v) is 8.15. The number of likely N-dealkylation sites (tertiary alicyclic amines) is 1. The van der Waals surface area contributed by atoms with Crippen LogP contribution in [-0.2, 0) is 6.54 Å². The molecule has 0 spiro atoms. The monoisotopic (exact) mass is 346 g/mol. The summed E-state index contributed by atoms with van der Waals surface area (Å²) in [5, 5.41) is 0. The summed E-state index contributed by atoms with van der Waals surface area (Å²) in [5.74, 6) is 0.681. The van der Waals surface area contributed by atoms with E-state index in [0.717, 1.165) is 41.8 Å². The van der Waals surface area contributed by atoms with Crippen LogP contribution in [0.15, 0.2) is 51.1 Å². The molecule has 110 valence electrons. The van der Waals surface area contributed by atoms with Gasteiger partial charge < -0.3 is 4.42 Å². The molecule has 0 unspecified atom stereocenters. The molecule has 0 atom stereocenters. The standard InChI is InChI=1S/C17H19BrN2O/c1-2-5-13-8-9-20(10-13)11-14-12-21-17(19-14)15-6-3-4-7-16(15)18/h3-7,12H,2,8-11H2,1H3/b13-5-. The van der Waals surface area contributed by atoms with Crippen LogP contribution >= 0.6 is 15.9 Å². The maximum Gasteiger partial charge on any atom is 0.227 e. The van der Waals surface area contributed by atoms with E-state index >= 15 is 0 Å². The number of nitrogens with zero attached hydrogens (tertiary/aromatic N) is 2. The predicted molar refractivity (Wildman–Crippen MR) is 87.9 cm³/mol. The van der Waals surface area contributed by atoms with Crippen LogP contribution in [0.25, 0.3) is 11.5 Å². The minimum Gasteiger partial charge on any atom is -0.444 e. The summed E-state index contributed by atoms with van der Waals surface area (Å²) < 4.78 is 6.64. The molecule has 1 aliphatic heterocycles. The van der Waals surface area contributed by atoms with Crippen LogP contribution in [0.5, 0.6) is 0 Å². The first-order chi connectivity index (χ1) is 10.3. The van der Waals surface area contributed by atoms with E-state index in [1.807, 2.05) is 24.3 Å². The Bertz CT molecular complexity index is 648. The minimum absolute atomic E-state index is 0.681. The van der Waals surface area contributed by atoms with Gasteiger partial charge in [-0.15, -0.1) is 0 Å². The van der Waals surface area contributed by atoms with E-state index < -0.39 is 0 Å². The van der Waals surface area contributed by atoms with Gasteiger partial charge in [-0.25, -0.2) is 4.98 Å². The summed E-state index contributed by atoms with van der Waals surface area (Å²) in [4.78, 5) is 7.04. The summed E-state index contributed by atoms with van der Waals surface area (Å²) in [6.07, 6.45) is 6.42. The second-order valence-electron chi connectivity index (χ2n) is 5.36. The van der Waals surface area contributed by atoms with E-state index in [1.54, 1.807) is 11.8 Å². The van der Waals surface area contributed by atoms with Gasteiger partial charge in [-0.1, -0.05) is 30.7 Å². The van der Waals surface area contributed by atoms with Crippen molar-refractivity contribution in [2.45, 2.75) is 26.3 Å². The highest BCUT2D eigenvalue weighted by Gasteiger charge is 2.18. The minimum atomic E-state index is 0.681. The van der Waals surface area contributed by atoms with Gasteiger partial charge in [0.1, 0.15) is 6.26 Å². The van der Waals surface area contributed by atoms with Gasteiger partial charge in [-0.3, -0.25) is 4.90 Å². The van der Waals surface area contributed by atoms with Crippen molar-refractivity contribution < 1.29 is 4.42 Å². The molecule has 0 radical (unpaired) electrons. The van der Waals surface area contributed by atoms with Crippen molar-refractivity contribution in [3.8, 4) is 11.5 Å². The second-order valence-corrected chi connectivity index (χ2v) is 6.21. The van der Waals surface area contributed by atoms with E-state index in [2.05, 4.69) is 38.8 Å². The fraction of sp³-hybridized carbons (Fsp3) is 0.353. The Kier molecular flexibility index (Phi) is 4.56. The van der Waals surface area contributed by atoms with Crippen molar-refractivity contribution in [1.82, 2.24) is 9.88 Å². The average Bonchev–Trinajstić information content (AvgIpc) is 3.10. The summed E-state index contributed by atoms with van der Waals surface area (Å²) in [7, 11) is 0. The molecule has 1 aromatic carbocycles. The molecule has 1 aliphatic rings. The van der Waals surface area contributed by atoms with Crippen molar-refractivity contribution in [2.75, 3.05) is 13.1 Å². The van der Waals surface area contributed by atoms with Gasteiger partial charge in [0.05, 0.1) is 11.3 Å². The lowest BCUT2D eigenvalue weighted by atomic mass is 10.2. The smallest absolute Gasteiger partial charge is 0.227 e. The summed E-state index contributed by atoms with van der Waals surface area (Å²) in [6.45, 7) is 5.22. The van der Waals surface area contributed by atoms with Gasteiger partial charge in [0.2, 0.25) is 5.89 Å². The largest absolute Gasteiger partial charge is 0.444 e. The second kappa shape index (κ2) is 6.58. The lowest BCUT2D eigenvalue weighted by Gasteiger charge is -2.11. The molecule has 0 saturated carbocycles. The molecular formula is C17H19BrN2O. The number of halogens is 1. The van der Waals surface area contributed by atoms with Gasteiger partial charge in [0, 0.05) is 24.1 Å². The molecule has 3 nitrogen and oxygen atoms in total. The predicted octanol–water partition coefficient (Wildman–Crippen LogP) is 4.65. The highest BCUT2D eigenvalue weighted by molar-refractivity contribution is 9.10. The Morgan fingerprint density at radius 1 is 1.38 bits per heavy atom. The fourth-order valence-electron chi connectivity index (χ4n) is 2.70. The Labute approximate surface area is 133 Å². The van der Waals surface area contributed by atoms with Crippen molar-refractivity contribution in [1.29, 1.82) is 0 Å². The van der Waals surface area contributed by atoms with E-state index in [9.17, 15) is 0 Å². The number of hydrogen-bond donors (Lipinski definition) is 0. The number of benzene rings is 1. The molecule has 0 amide bonds. The normalized spacial score (nSPS) is 17.7. The van der Waals surface area contributed by atoms with Crippen molar-refractivity contribution in [3.63, 3.8) is 0 Å². The number of rotatable bonds is 4. The number of allylic oxidation sites excluding steroid dienone is 1. The van der Waals surface area contributed by atoms with E-state index in [4.69, 9.17) is 4.42 Å². The third kappa shape index (κ3) is 3.44. The Balaban J connectivity index is 1.69. The van der Waals surface area contributed by atoms with Gasteiger partial charge in [0.25, 0.3) is 0 Å². The van der Waals surface area contributed by atoms with E-state index in [1.165, 1.54) is 6.42 Å². The molecule has 3 rings (SSSR count). The van der Waals surface area contributed by atoms with Crippen LogP contribution in [-0.4, -0.2) is 23.0 Å². The first kappa shape index (κ1) is 14.5. The van der Waals surface area contributed by atoms with Gasteiger partial charge in [-0.2, -0.15) is 0 Å². The van der Waals surface area contributed by atoms with Crippen LogP contribution in [0.4, 0.5) is 0 Å². The summed E-state index contributed by atoms with van der Waals surface area (Å²) in [6, 6.07) is 7.99. The quantitative estimate of drug-likeness (QED) is 0.754. The maximum atomic E-state index is 5.63. The molecule has 2 heterocycles. The highest BCUT2D eigenvalue weighted by atomic mass is 79.9. The van der Waals surface area contributed by atoms with Crippen LogP contribution in [0.3, 0.4) is 0 Å². The van der Waals surface area contributed by atoms with Crippen LogP contribution in [0.1, 0.15) is 25.5 Å². The Morgan fingerprint density at radius 3 is 3.05 bits per heavy atom. The van der Waals surface area contributed by atoms with Gasteiger partial charge >= 0.3 is 0 Å². The summed E-state index contributed by atoms with van der Waals surface area (Å²) >= 11 is 3.54. The average molecular weight is 347 g/mol. The maximum absolute atomic E-state index is 5.63. The zero-order valence-electron chi connectivity index (χ0n) is 12.2. The fourth-order valence-corrected chi connectivity index (χ4v) is 3.16. The molecule has 1 saturated heterocycles. The molecule has 2 aromatic rings. The third-order valence-corrected chi connectivity index (χ3v) is 4.40. The molecule has 1 aromatic heterocycles. The number of aromatic nitrogens is 1. The number of hydrogen-bond acceptors (Lipinski definition) is 3. The van der Waals surface area contributed by atoms with Crippen LogP contribution in [0, 0.1) is 0 Å². The van der Waals surface area contributed by atoms with Crippen LogP contribution < -0.4 is 0 Å².